The van der Waals surface area contributed by atoms with Crippen molar-refractivity contribution in [2.45, 2.75) is 19.9 Å². The van der Waals surface area contributed by atoms with Crippen molar-refractivity contribution in [3.63, 3.8) is 0 Å². The first-order chi connectivity index (χ1) is 6.56. The summed E-state index contributed by atoms with van der Waals surface area (Å²) in [6.45, 7) is 4.17. The van der Waals surface area contributed by atoms with Crippen LogP contribution in [0.1, 0.15) is 25.5 Å². The molecule has 3 heteroatoms. The van der Waals surface area contributed by atoms with E-state index in [9.17, 15) is 0 Å². The second kappa shape index (κ2) is 4.67. The van der Waals surface area contributed by atoms with Crippen LogP contribution in [-0.4, -0.2) is 7.11 Å². The Morgan fingerprint density at radius 2 is 2.00 bits per heavy atom. The zero-order valence-corrected chi connectivity index (χ0v) is 9.51. The predicted octanol–water partition coefficient (Wildman–Crippen LogP) is 3.00. The van der Waals surface area contributed by atoms with E-state index in [2.05, 4.69) is 13.8 Å². The van der Waals surface area contributed by atoms with E-state index >= 15 is 0 Å². The second-order valence-electron chi connectivity index (χ2n) is 3.66. The molecule has 0 aliphatic carbocycles. The fraction of sp³-hybridized carbons (Fsp3) is 0.455. The molecular weight excluding hydrogens is 198 g/mol. The van der Waals surface area contributed by atoms with Crippen molar-refractivity contribution in [2.24, 2.45) is 11.7 Å². The van der Waals surface area contributed by atoms with Gasteiger partial charge in [-0.15, -0.1) is 0 Å². The molecule has 0 unspecified atom stereocenters. The third-order valence-electron chi connectivity index (χ3n) is 2.28. The van der Waals surface area contributed by atoms with Gasteiger partial charge in [-0.25, -0.2) is 0 Å². The lowest BCUT2D eigenvalue weighted by atomic mass is 9.97. The molecule has 2 nitrogen and oxygen atoms in total. The van der Waals surface area contributed by atoms with Crippen molar-refractivity contribution in [1.82, 2.24) is 0 Å². The van der Waals surface area contributed by atoms with Crippen LogP contribution in [0.2, 0.25) is 5.02 Å². The lowest BCUT2D eigenvalue weighted by molar-refractivity contribution is 0.414. The Bertz CT molecular complexity index is 312. The Morgan fingerprint density at radius 1 is 1.36 bits per heavy atom. The van der Waals surface area contributed by atoms with E-state index in [-0.39, 0.29) is 6.04 Å². The van der Waals surface area contributed by atoms with Crippen molar-refractivity contribution < 1.29 is 4.74 Å². The second-order valence-corrected chi connectivity index (χ2v) is 4.07. The summed E-state index contributed by atoms with van der Waals surface area (Å²) in [6.07, 6.45) is 0. The number of hydrogen-bond donors (Lipinski definition) is 1. The van der Waals surface area contributed by atoms with Gasteiger partial charge in [0.1, 0.15) is 5.75 Å². The summed E-state index contributed by atoms with van der Waals surface area (Å²) in [6, 6.07) is 5.69. The maximum Gasteiger partial charge on any atom is 0.137 e. The van der Waals surface area contributed by atoms with Gasteiger partial charge in [0.25, 0.3) is 0 Å². The van der Waals surface area contributed by atoms with E-state index in [1.807, 2.05) is 18.2 Å². The molecule has 14 heavy (non-hydrogen) atoms. The number of methoxy groups -OCH3 is 1. The van der Waals surface area contributed by atoms with Crippen LogP contribution in [0.4, 0.5) is 0 Å². The Hall–Kier alpha value is -0.730. The number of halogens is 1. The van der Waals surface area contributed by atoms with Gasteiger partial charge < -0.3 is 10.5 Å². The van der Waals surface area contributed by atoms with E-state index in [1.54, 1.807) is 7.11 Å². The first kappa shape index (κ1) is 11.3. The van der Waals surface area contributed by atoms with Gasteiger partial charge >= 0.3 is 0 Å². The fourth-order valence-corrected chi connectivity index (χ4v) is 1.54. The molecule has 0 radical (unpaired) electrons. The van der Waals surface area contributed by atoms with Crippen LogP contribution < -0.4 is 10.5 Å². The molecule has 0 heterocycles. The highest BCUT2D eigenvalue weighted by atomic mass is 35.5. The standard InChI is InChI=1S/C11H16ClNO/c1-7(2)11(13)8-4-5-10(14-3)9(12)6-8/h4-7,11H,13H2,1-3H3/t11-/m1/s1. The van der Waals surface area contributed by atoms with Gasteiger partial charge in [0, 0.05) is 6.04 Å². The molecule has 1 aromatic rings. The van der Waals surface area contributed by atoms with Crippen molar-refractivity contribution >= 4 is 11.6 Å². The monoisotopic (exact) mass is 213 g/mol. The zero-order valence-electron chi connectivity index (χ0n) is 8.75. The Morgan fingerprint density at radius 3 is 2.43 bits per heavy atom. The largest absolute Gasteiger partial charge is 0.495 e. The smallest absolute Gasteiger partial charge is 0.137 e. The lowest BCUT2D eigenvalue weighted by Gasteiger charge is -2.16. The quantitative estimate of drug-likeness (QED) is 0.838. The van der Waals surface area contributed by atoms with Gasteiger partial charge in [-0.3, -0.25) is 0 Å². The van der Waals surface area contributed by atoms with Crippen LogP contribution in [-0.2, 0) is 0 Å². The molecule has 0 bridgehead atoms. The van der Waals surface area contributed by atoms with Gasteiger partial charge in [0.05, 0.1) is 12.1 Å². The van der Waals surface area contributed by atoms with Crippen molar-refractivity contribution in [3.8, 4) is 5.75 Å². The van der Waals surface area contributed by atoms with E-state index in [0.717, 1.165) is 5.56 Å². The molecule has 78 valence electrons. The highest BCUT2D eigenvalue weighted by molar-refractivity contribution is 6.32. The predicted molar refractivity (Wildman–Crippen MR) is 59.8 cm³/mol. The number of ether oxygens (including phenoxy) is 1. The Kier molecular flexibility index (Phi) is 3.78. The van der Waals surface area contributed by atoms with Crippen LogP contribution in [0.3, 0.4) is 0 Å². The van der Waals surface area contributed by atoms with Crippen molar-refractivity contribution in [2.75, 3.05) is 7.11 Å². The van der Waals surface area contributed by atoms with E-state index in [1.165, 1.54) is 0 Å². The third kappa shape index (κ3) is 2.40. The topological polar surface area (TPSA) is 35.2 Å². The molecule has 0 amide bonds. The molecule has 0 aromatic heterocycles. The average molecular weight is 214 g/mol. The van der Waals surface area contributed by atoms with Gasteiger partial charge in [0.15, 0.2) is 0 Å². The van der Waals surface area contributed by atoms with Crippen LogP contribution in [0.15, 0.2) is 18.2 Å². The third-order valence-corrected chi connectivity index (χ3v) is 2.57. The molecule has 1 aromatic carbocycles. The Labute approximate surface area is 90.0 Å². The van der Waals surface area contributed by atoms with Crippen molar-refractivity contribution in [3.05, 3.63) is 28.8 Å². The molecular formula is C11H16ClNO. The lowest BCUT2D eigenvalue weighted by Crippen LogP contribution is -2.16. The molecule has 2 N–H and O–H groups in total. The molecule has 1 atom stereocenters. The van der Waals surface area contributed by atoms with Gasteiger partial charge in [-0.05, 0) is 23.6 Å². The molecule has 1 rings (SSSR count). The van der Waals surface area contributed by atoms with Crippen LogP contribution >= 0.6 is 11.6 Å². The number of nitrogens with two attached hydrogens (primary N) is 1. The summed E-state index contributed by atoms with van der Waals surface area (Å²) in [5.74, 6) is 1.09. The minimum absolute atomic E-state index is 0.0263. The zero-order chi connectivity index (χ0) is 10.7. The molecule has 0 fully saturated rings. The first-order valence-electron chi connectivity index (χ1n) is 4.65. The maximum absolute atomic E-state index is 6.00. The highest BCUT2D eigenvalue weighted by Crippen LogP contribution is 2.28. The summed E-state index contributed by atoms with van der Waals surface area (Å²) in [4.78, 5) is 0. The van der Waals surface area contributed by atoms with Gasteiger partial charge in [0.2, 0.25) is 0 Å². The molecule has 0 aliphatic heterocycles. The first-order valence-corrected chi connectivity index (χ1v) is 5.03. The van der Waals surface area contributed by atoms with E-state index < -0.39 is 0 Å². The summed E-state index contributed by atoms with van der Waals surface area (Å²) in [5.41, 5.74) is 7.05. The SMILES string of the molecule is COc1ccc([C@H](N)C(C)C)cc1Cl. The molecule has 0 saturated carbocycles. The summed E-state index contributed by atoms with van der Waals surface area (Å²) in [7, 11) is 1.60. The molecule has 0 spiro atoms. The minimum Gasteiger partial charge on any atom is -0.495 e. The summed E-state index contributed by atoms with van der Waals surface area (Å²) >= 11 is 6.00. The van der Waals surface area contributed by atoms with Crippen molar-refractivity contribution in [1.29, 1.82) is 0 Å². The van der Waals surface area contributed by atoms with Crippen LogP contribution in [0, 0.1) is 5.92 Å². The molecule has 0 aliphatic rings. The number of hydrogen-bond acceptors (Lipinski definition) is 2. The van der Waals surface area contributed by atoms with Gasteiger partial charge in [-0.2, -0.15) is 0 Å². The van der Waals surface area contributed by atoms with Crippen LogP contribution in [0.5, 0.6) is 5.75 Å². The van der Waals surface area contributed by atoms with Crippen LogP contribution in [0.25, 0.3) is 0 Å². The summed E-state index contributed by atoms with van der Waals surface area (Å²) < 4.78 is 5.07. The highest BCUT2D eigenvalue weighted by Gasteiger charge is 2.11. The normalized spacial score (nSPS) is 13.0. The van der Waals surface area contributed by atoms with E-state index in [4.69, 9.17) is 22.1 Å². The maximum atomic E-state index is 6.00. The average Bonchev–Trinajstić information content (AvgIpc) is 2.16. The van der Waals surface area contributed by atoms with Gasteiger partial charge in [-0.1, -0.05) is 31.5 Å². The number of benzene rings is 1. The van der Waals surface area contributed by atoms with E-state index in [0.29, 0.717) is 16.7 Å². The number of rotatable bonds is 3. The Balaban J connectivity index is 2.96. The fourth-order valence-electron chi connectivity index (χ4n) is 1.27. The summed E-state index contributed by atoms with van der Waals surface area (Å²) in [5, 5.41) is 0.612. The minimum atomic E-state index is 0.0263. The molecule has 0 saturated heterocycles.